The van der Waals surface area contributed by atoms with Crippen LogP contribution in [-0.2, 0) is 13.0 Å². The van der Waals surface area contributed by atoms with Gasteiger partial charge in [-0.2, -0.15) is 0 Å². The second-order valence-corrected chi connectivity index (χ2v) is 6.35. The van der Waals surface area contributed by atoms with E-state index in [-0.39, 0.29) is 5.92 Å². The molecule has 1 N–H and O–H groups in total. The van der Waals surface area contributed by atoms with Crippen LogP contribution in [0.5, 0.6) is 11.5 Å². The molecular formula is C21H20N2O3. The minimum Gasteiger partial charge on any atom is -0.493 e. The number of aliphatic hydroxyl groups excluding tert-OH is 1. The van der Waals surface area contributed by atoms with Crippen molar-refractivity contribution in [3.8, 4) is 11.5 Å². The highest BCUT2D eigenvalue weighted by atomic mass is 16.5. The molecule has 2 aromatic heterocycles. The Hall–Kier alpha value is -2.92. The molecule has 0 fully saturated rings. The first-order valence-corrected chi connectivity index (χ1v) is 8.67. The molecule has 0 amide bonds. The number of hydrogen-bond acceptors (Lipinski definition) is 5. The number of aromatic nitrogens is 2. The monoisotopic (exact) mass is 348 g/mol. The van der Waals surface area contributed by atoms with E-state index >= 15 is 0 Å². The summed E-state index contributed by atoms with van der Waals surface area (Å²) in [6.07, 6.45) is 3.56. The fourth-order valence-electron chi connectivity index (χ4n) is 3.12. The smallest absolute Gasteiger partial charge is 0.130 e. The standard InChI is InChI=1S/C21H20N2O3/c24-21-15(11-16-5-1-3-9-22-16)13-26-20-8-7-18(12-19(20)21)25-14-17-6-2-4-10-23-17/h1-10,12,15,21,24H,11,13-14H2. The van der Waals surface area contributed by atoms with Gasteiger partial charge in [-0.15, -0.1) is 0 Å². The van der Waals surface area contributed by atoms with Crippen molar-refractivity contribution >= 4 is 0 Å². The van der Waals surface area contributed by atoms with Gasteiger partial charge in [-0.1, -0.05) is 12.1 Å². The second-order valence-electron chi connectivity index (χ2n) is 6.35. The van der Waals surface area contributed by atoms with E-state index in [4.69, 9.17) is 9.47 Å². The van der Waals surface area contributed by atoms with Gasteiger partial charge in [0.05, 0.1) is 18.4 Å². The van der Waals surface area contributed by atoms with E-state index in [0.717, 1.165) is 17.0 Å². The molecule has 0 saturated carbocycles. The Kier molecular flexibility index (Phi) is 4.80. The Morgan fingerprint density at radius 3 is 2.50 bits per heavy atom. The maximum Gasteiger partial charge on any atom is 0.130 e. The van der Waals surface area contributed by atoms with Crippen molar-refractivity contribution in [3.05, 3.63) is 83.9 Å². The van der Waals surface area contributed by atoms with Gasteiger partial charge < -0.3 is 14.6 Å². The third kappa shape index (κ3) is 3.68. The van der Waals surface area contributed by atoms with Gasteiger partial charge in [0.15, 0.2) is 0 Å². The lowest BCUT2D eigenvalue weighted by Gasteiger charge is -2.30. The molecule has 5 heteroatoms. The third-order valence-corrected chi connectivity index (χ3v) is 4.51. The molecule has 0 aliphatic carbocycles. The van der Waals surface area contributed by atoms with E-state index in [9.17, 15) is 5.11 Å². The van der Waals surface area contributed by atoms with Crippen LogP contribution in [0, 0.1) is 5.92 Å². The van der Waals surface area contributed by atoms with Crippen LogP contribution in [0.3, 0.4) is 0 Å². The van der Waals surface area contributed by atoms with Crippen LogP contribution >= 0.6 is 0 Å². The third-order valence-electron chi connectivity index (χ3n) is 4.51. The average Bonchev–Trinajstić information content (AvgIpc) is 2.70. The quantitative estimate of drug-likeness (QED) is 0.766. The molecule has 0 bridgehead atoms. The topological polar surface area (TPSA) is 64.5 Å². The Balaban J connectivity index is 1.48. The Morgan fingerprint density at radius 1 is 1.00 bits per heavy atom. The highest BCUT2D eigenvalue weighted by molar-refractivity contribution is 5.43. The summed E-state index contributed by atoms with van der Waals surface area (Å²) >= 11 is 0. The number of nitrogens with zero attached hydrogens (tertiary/aromatic N) is 2. The molecule has 1 aliphatic rings. The van der Waals surface area contributed by atoms with Crippen molar-refractivity contribution in [2.45, 2.75) is 19.1 Å². The first kappa shape index (κ1) is 16.5. The molecule has 2 atom stereocenters. The second kappa shape index (κ2) is 7.54. The molecule has 0 radical (unpaired) electrons. The van der Waals surface area contributed by atoms with Crippen molar-refractivity contribution in [1.29, 1.82) is 0 Å². The number of hydrogen-bond donors (Lipinski definition) is 1. The summed E-state index contributed by atoms with van der Waals surface area (Å²) in [4.78, 5) is 8.59. The Morgan fingerprint density at radius 2 is 1.77 bits per heavy atom. The zero-order valence-electron chi connectivity index (χ0n) is 14.3. The molecule has 3 aromatic rings. The zero-order valence-corrected chi connectivity index (χ0v) is 14.3. The lowest BCUT2D eigenvalue weighted by Crippen LogP contribution is -2.28. The van der Waals surface area contributed by atoms with E-state index in [1.54, 1.807) is 12.4 Å². The minimum atomic E-state index is -0.612. The normalized spacial score (nSPS) is 18.7. The zero-order chi connectivity index (χ0) is 17.8. The van der Waals surface area contributed by atoms with Crippen molar-refractivity contribution in [2.75, 3.05) is 6.61 Å². The summed E-state index contributed by atoms with van der Waals surface area (Å²) < 4.78 is 11.7. The van der Waals surface area contributed by atoms with E-state index in [0.29, 0.717) is 31.1 Å². The number of pyridine rings is 2. The molecule has 2 unspecified atom stereocenters. The molecule has 26 heavy (non-hydrogen) atoms. The first-order valence-electron chi connectivity index (χ1n) is 8.67. The Bertz CT molecular complexity index is 856. The van der Waals surface area contributed by atoms with Crippen LogP contribution in [-0.4, -0.2) is 21.7 Å². The van der Waals surface area contributed by atoms with E-state index in [1.807, 2.05) is 54.6 Å². The molecule has 132 valence electrons. The van der Waals surface area contributed by atoms with E-state index < -0.39 is 6.10 Å². The predicted octanol–water partition coefficient (Wildman–Crippen LogP) is 3.34. The molecule has 0 saturated heterocycles. The van der Waals surface area contributed by atoms with Crippen LogP contribution in [0.2, 0.25) is 0 Å². The average molecular weight is 348 g/mol. The predicted molar refractivity (Wildman–Crippen MR) is 96.9 cm³/mol. The van der Waals surface area contributed by atoms with Crippen LogP contribution in [0.25, 0.3) is 0 Å². The van der Waals surface area contributed by atoms with Gasteiger partial charge >= 0.3 is 0 Å². The van der Waals surface area contributed by atoms with Crippen LogP contribution in [0.15, 0.2) is 67.0 Å². The number of ether oxygens (including phenoxy) is 2. The van der Waals surface area contributed by atoms with Gasteiger partial charge in [0.25, 0.3) is 0 Å². The summed E-state index contributed by atoms with van der Waals surface area (Å²) in [7, 11) is 0. The van der Waals surface area contributed by atoms with E-state index in [2.05, 4.69) is 9.97 Å². The molecule has 1 aliphatic heterocycles. The van der Waals surface area contributed by atoms with Crippen molar-refractivity contribution in [2.24, 2.45) is 5.92 Å². The Labute approximate surface area is 152 Å². The van der Waals surface area contributed by atoms with Gasteiger partial charge in [-0.25, -0.2) is 0 Å². The number of fused-ring (bicyclic) bond motifs is 1. The van der Waals surface area contributed by atoms with Crippen molar-refractivity contribution in [3.63, 3.8) is 0 Å². The van der Waals surface area contributed by atoms with Gasteiger partial charge in [0, 0.05) is 29.6 Å². The number of benzene rings is 1. The van der Waals surface area contributed by atoms with Gasteiger partial charge in [0.1, 0.15) is 18.1 Å². The molecule has 0 spiro atoms. The number of rotatable bonds is 5. The minimum absolute atomic E-state index is 0.0385. The van der Waals surface area contributed by atoms with Crippen molar-refractivity contribution in [1.82, 2.24) is 9.97 Å². The summed E-state index contributed by atoms with van der Waals surface area (Å²) in [5, 5.41) is 10.8. The molecule has 3 heterocycles. The summed E-state index contributed by atoms with van der Waals surface area (Å²) in [5.74, 6) is 1.36. The van der Waals surface area contributed by atoms with Crippen LogP contribution in [0.4, 0.5) is 0 Å². The maximum absolute atomic E-state index is 10.8. The molecular weight excluding hydrogens is 328 g/mol. The largest absolute Gasteiger partial charge is 0.493 e. The fourth-order valence-corrected chi connectivity index (χ4v) is 3.12. The molecule has 5 nitrogen and oxygen atoms in total. The van der Waals surface area contributed by atoms with Crippen LogP contribution in [0.1, 0.15) is 23.1 Å². The highest BCUT2D eigenvalue weighted by Crippen LogP contribution is 2.38. The fraction of sp³-hybridized carbons (Fsp3) is 0.238. The summed E-state index contributed by atoms with van der Waals surface area (Å²) in [5.41, 5.74) is 2.57. The summed E-state index contributed by atoms with van der Waals surface area (Å²) in [6, 6.07) is 17.1. The molecule has 1 aromatic carbocycles. The first-order chi connectivity index (χ1) is 12.8. The van der Waals surface area contributed by atoms with Crippen molar-refractivity contribution < 1.29 is 14.6 Å². The summed E-state index contributed by atoms with van der Waals surface area (Å²) in [6.45, 7) is 0.854. The maximum atomic E-state index is 10.8. The lowest BCUT2D eigenvalue weighted by atomic mass is 9.89. The highest BCUT2D eigenvalue weighted by Gasteiger charge is 2.30. The van der Waals surface area contributed by atoms with Gasteiger partial charge in [-0.3, -0.25) is 9.97 Å². The van der Waals surface area contributed by atoms with Gasteiger partial charge in [0.2, 0.25) is 0 Å². The van der Waals surface area contributed by atoms with Crippen LogP contribution < -0.4 is 9.47 Å². The lowest BCUT2D eigenvalue weighted by molar-refractivity contribution is 0.0499. The number of aliphatic hydroxyl groups is 1. The molecule has 4 rings (SSSR count). The SMILES string of the molecule is OC1c2cc(OCc3ccccn3)ccc2OCC1Cc1ccccn1. The van der Waals surface area contributed by atoms with Gasteiger partial charge in [-0.05, 0) is 48.9 Å². The van der Waals surface area contributed by atoms with E-state index in [1.165, 1.54) is 0 Å².